The predicted octanol–water partition coefficient (Wildman–Crippen LogP) is 1.69. The molecule has 1 aromatic carbocycles. The van der Waals surface area contributed by atoms with E-state index in [1.54, 1.807) is 38.3 Å². The van der Waals surface area contributed by atoms with Crippen molar-refractivity contribution in [3.8, 4) is 11.6 Å². The number of anilines is 2. The van der Waals surface area contributed by atoms with Crippen molar-refractivity contribution in [3.63, 3.8) is 0 Å². The summed E-state index contributed by atoms with van der Waals surface area (Å²) in [5, 5.41) is 12.8. The molecule has 4 N–H and O–H groups in total. The number of nitrogens with one attached hydrogen (secondary N) is 1. The molecule has 0 aliphatic rings. The Balaban J connectivity index is 2.14. The molecule has 2 aromatic rings. The van der Waals surface area contributed by atoms with Crippen LogP contribution in [-0.4, -0.2) is 22.2 Å². The smallest absolute Gasteiger partial charge is 0.218 e. The van der Waals surface area contributed by atoms with Gasteiger partial charge in [0, 0.05) is 23.9 Å². The van der Waals surface area contributed by atoms with E-state index in [1.165, 1.54) is 0 Å². The van der Waals surface area contributed by atoms with Gasteiger partial charge in [-0.2, -0.15) is 4.98 Å². The fraction of sp³-hybridized carbons (Fsp3) is 0.231. The molecular formula is C13H16N4O2. The van der Waals surface area contributed by atoms with Gasteiger partial charge in [0.15, 0.2) is 0 Å². The van der Waals surface area contributed by atoms with Crippen LogP contribution in [0.15, 0.2) is 24.3 Å². The summed E-state index contributed by atoms with van der Waals surface area (Å²) in [5.41, 5.74) is 6.99. The van der Waals surface area contributed by atoms with Gasteiger partial charge in [0.2, 0.25) is 5.88 Å². The predicted molar refractivity (Wildman–Crippen MR) is 73.2 cm³/mol. The van der Waals surface area contributed by atoms with Gasteiger partial charge >= 0.3 is 0 Å². The van der Waals surface area contributed by atoms with Crippen molar-refractivity contribution in [3.05, 3.63) is 35.7 Å². The van der Waals surface area contributed by atoms with E-state index in [4.69, 9.17) is 10.5 Å². The molecule has 0 aliphatic heterocycles. The van der Waals surface area contributed by atoms with E-state index in [2.05, 4.69) is 15.3 Å². The molecule has 6 heteroatoms. The van der Waals surface area contributed by atoms with Crippen LogP contribution in [0.5, 0.6) is 11.6 Å². The quantitative estimate of drug-likeness (QED) is 0.572. The number of benzene rings is 1. The van der Waals surface area contributed by atoms with Crippen molar-refractivity contribution in [2.24, 2.45) is 0 Å². The fourth-order valence-corrected chi connectivity index (χ4v) is 1.67. The number of aryl methyl sites for hydroxylation is 1. The highest BCUT2D eigenvalue weighted by Gasteiger charge is 2.04. The van der Waals surface area contributed by atoms with Crippen molar-refractivity contribution in [2.45, 2.75) is 13.5 Å². The molecule has 0 aliphatic carbocycles. The van der Waals surface area contributed by atoms with Crippen LogP contribution in [0.3, 0.4) is 0 Å². The second-order valence-electron chi connectivity index (χ2n) is 4.08. The lowest BCUT2D eigenvalue weighted by atomic mass is 10.2. The molecule has 0 radical (unpaired) electrons. The summed E-state index contributed by atoms with van der Waals surface area (Å²) < 4.78 is 5.07. The number of aromatic hydroxyl groups is 1. The second kappa shape index (κ2) is 5.43. The summed E-state index contributed by atoms with van der Waals surface area (Å²) in [4.78, 5) is 8.33. The second-order valence-corrected chi connectivity index (χ2v) is 4.08. The number of phenols is 1. The van der Waals surface area contributed by atoms with Gasteiger partial charge in [0.05, 0.1) is 7.11 Å². The van der Waals surface area contributed by atoms with Crippen LogP contribution in [-0.2, 0) is 6.54 Å². The van der Waals surface area contributed by atoms with Crippen LogP contribution in [0.25, 0.3) is 0 Å². The molecule has 0 unspecified atom stereocenters. The van der Waals surface area contributed by atoms with Gasteiger partial charge in [-0.25, -0.2) is 4.98 Å². The minimum atomic E-state index is 0.194. The Morgan fingerprint density at radius 3 is 2.84 bits per heavy atom. The molecule has 0 fully saturated rings. The zero-order chi connectivity index (χ0) is 13.8. The third-order valence-corrected chi connectivity index (χ3v) is 2.59. The molecule has 6 nitrogen and oxygen atoms in total. The first kappa shape index (κ1) is 12.9. The monoisotopic (exact) mass is 260 g/mol. The summed E-state index contributed by atoms with van der Waals surface area (Å²) in [6, 6.07) is 6.62. The Morgan fingerprint density at radius 1 is 1.32 bits per heavy atom. The lowest BCUT2D eigenvalue weighted by Gasteiger charge is -2.09. The Bertz CT molecular complexity index is 587. The minimum absolute atomic E-state index is 0.194. The standard InChI is InChI=1S/C13H16N4O2/c1-8-16-12(6-13(17-8)19-2)15-7-9-5-10(14)3-4-11(9)18/h3-6,18H,7,14H2,1-2H3,(H,15,16,17). The summed E-state index contributed by atoms with van der Waals surface area (Å²) in [6.45, 7) is 2.20. The number of methoxy groups -OCH3 is 1. The molecule has 0 atom stereocenters. The zero-order valence-corrected chi connectivity index (χ0v) is 10.8. The molecule has 0 amide bonds. The third kappa shape index (κ3) is 3.25. The van der Waals surface area contributed by atoms with Crippen molar-refractivity contribution in [2.75, 3.05) is 18.2 Å². The van der Waals surface area contributed by atoms with Crippen LogP contribution >= 0.6 is 0 Å². The summed E-state index contributed by atoms with van der Waals surface area (Å²) in [7, 11) is 1.55. The Kier molecular flexibility index (Phi) is 3.70. The van der Waals surface area contributed by atoms with E-state index < -0.39 is 0 Å². The van der Waals surface area contributed by atoms with Crippen LogP contribution in [0, 0.1) is 6.92 Å². The van der Waals surface area contributed by atoms with E-state index in [1.807, 2.05) is 0 Å². The van der Waals surface area contributed by atoms with Crippen molar-refractivity contribution >= 4 is 11.5 Å². The van der Waals surface area contributed by atoms with Gasteiger partial charge in [-0.05, 0) is 25.1 Å². The van der Waals surface area contributed by atoms with E-state index in [-0.39, 0.29) is 5.75 Å². The Morgan fingerprint density at radius 2 is 2.11 bits per heavy atom. The number of hydrogen-bond donors (Lipinski definition) is 3. The normalized spacial score (nSPS) is 10.2. The molecule has 2 rings (SSSR count). The number of aromatic nitrogens is 2. The van der Waals surface area contributed by atoms with E-state index in [0.717, 1.165) is 0 Å². The van der Waals surface area contributed by atoms with Crippen LogP contribution in [0.1, 0.15) is 11.4 Å². The number of rotatable bonds is 4. The fourth-order valence-electron chi connectivity index (χ4n) is 1.67. The van der Waals surface area contributed by atoms with Gasteiger partial charge in [0.25, 0.3) is 0 Å². The first-order chi connectivity index (χ1) is 9.08. The van der Waals surface area contributed by atoms with Crippen LogP contribution in [0.4, 0.5) is 11.5 Å². The zero-order valence-electron chi connectivity index (χ0n) is 10.8. The first-order valence-electron chi connectivity index (χ1n) is 5.79. The highest BCUT2D eigenvalue weighted by atomic mass is 16.5. The maximum atomic E-state index is 9.72. The molecule has 19 heavy (non-hydrogen) atoms. The molecule has 1 heterocycles. The third-order valence-electron chi connectivity index (χ3n) is 2.59. The number of ether oxygens (including phenoxy) is 1. The van der Waals surface area contributed by atoms with E-state index in [0.29, 0.717) is 35.3 Å². The maximum Gasteiger partial charge on any atom is 0.218 e. The van der Waals surface area contributed by atoms with Gasteiger partial charge in [0.1, 0.15) is 17.4 Å². The molecule has 0 saturated carbocycles. The molecule has 0 bridgehead atoms. The van der Waals surface area contributed by atoms with Crippen molar-refractivity contribution in [1.29, 1.82) is 0 Å². The Labute approximate surface area is 111 Å². The molecule has 100 valence electrons. The lowest BCUT2D eigenvalue weighted by molar-refractivity contribution is 0.396. The topological polar surface area (TPSA) is 93.3 Å². The van der Waals surface area contributed by atoms with Gasteiger partial charge in [-0.15, -0.1) is 0 Å². The highest BCUT2D eigenvalue weighted by Crippen LogP contribution is 2.21. The number of nitrogen functional groups attached to an aromatic ring is 1. The van der Waals surface area contributed by atoms with Crippen molar-refractivity contribution in [1.82, 2.24) is 9.97 Å². The Hall–Kier alpha value is -2.50. The molecule has 0 spiro atoms. The first-order valence-corrected chi connectivity index (χ1v) is 5.79. The average Bonchev–Trinajstić information content (AvgIpc) is 2.39. The van der Waals surface area contributed by atoms with Crippen LogP contribution < -0.4 is 15.8 Å². The summed E-state index contributed by atoms with van der Waals surface area (Å²) in [5.74, 6) is 1.93. The number of phenolic OH excluding ortho intramolecular Hbond substituents is 1. The largest absolute Gasteiger partial charge is 0.508 e. The molecule has 0 saturated heterocycles. The van der Waals surface area contributed by atoms with Crippen molar-refractivity contribution < 1.29 is 9.84 Å². The number of nitrogens with two attached hydrogens (primary N) is 1. The number of nitrogens with zero attached hydrogens (tertiary/aromatic N) is 2. The summed E-state index contributed by atoms with van der Waals surface area (Å²) in [6.07, 6.45) is 0. The lowest BCUT2D eigenvalue weighted by Crippen LogP contribution is -2.04. The molecule has 1 aromatic heterocycles. The van der Waals surface area contributed by atoms with Gasteiger partial charge in [-0.1, -0.05) is 0 Å². The van der Waals surface area contributed by atoms with Gasteiger partial charge < -0.3 is 20.9 Å². The van der Waals surface area contributed by atoms with E-state index in [9.17, 15) is 5.11 Å². The highest BCUT2D eigenvalue weighted by molar-refractivity contribution is 5.49. The molecular weight excluding hydrogens is 244 g/mol. The van der Waals surface area contributed by atoms with Gasteiger partial charge in [-0.3, -0.25) is 0 Å². The minimum Gasteiger partial charge on any atom is -0.508 e. The van der Waals surface area contributed by atoms with Crippen LogP contribution in [0.2, 0.25) is 0 Å². The average molecular weight is 260 g/mol. The SMILES string of the molecule is COc1cc(NCc2cc(N)ccc2O)nc(C)n1. The summed E-state index contributed by atoms with van der Waals surface area (Å²) >= 11 is 0. The maximum absolute atomic E-state index is 9.72. The number of hydrogen-bond acceptors (Lipinski definition) is 6. The van der Waals surface area contributed by atoms with E-state index >= 15 is 0 Å².